The highest BCUT2D eigenvalue weighted by Crippen LogP contribution is 2.48. The van der Waals surface area contributed by atoms with Gasteiger partial charge in [-0.15, -0.1) is 0 Å². The summed E-state index contributed by atoms with van der Waals surface area (Å²) in [5, 5.41) is 4.05. The first-order valence-corrected chi connectivity index (χ1v) is 11.0. The third-order valence-electron chi connectivity index (χ3n) is 5.05. The lowest BCUT2D eigenvalue weighted by molar-refractivity contribution is 0.0482. The maximum Gasteiger partial charge on any atom is 0.299 e. The molecule has 0 saturated heterocycles. The molecular weight excluding hydrogens is 317 g/mol. The van der Waals surface area contributed by atoms with Crippen molar-refractivity contribution in [3.63, 3.8) is 0 Å². The Kier molecular flexibility index (Phi) is 7.10. The minimum Gasteiger partial charge on any atom is -0.311 e. The molecule has 0 spiro atoms. The van der Waals surface area contributed by atoms with Crippen LogP contribution >= 0.6 is 7.52 Å². The van der Waals surface area contributed by atoms with Gasteiger partial charge in [0.25, 0.3) is 7.52 Å². The first kappa shape index (κ1) is 19.7. The zero-order valence-corrected chi connectivity index (χ0v) is 16.8. The molecule has 1 fully saturated rings. The Bertz CT molecular complexity index is 544. The minimum absolute atomic E-state index is 0.0689. The average molecular weight is 351 g/mol. The van der Waals surface area contributed by atoms with E-state index in [9.17, 15) is 4.57 Å². The molecule has 24 heavy (non-hydrogen) atoms. The van der Waals surface area contributed by atoms with Crippen molar-refractivity contribution in [2.45, 2.75) is 60.0 Å². The van der Waals surface area contributed by atoms with Gasteiger partial charge in [-0.1, -0.05) is 59.2 Å². The van der Waals surface area contributed by atoms with E-state index in [1.54, 1.807) is 0 Å². The van der Waals surface area contributed by atoms with Crippen molar-refractivity contribution in [2.24, 2.45) is 23.7 Å². The van der Waals surface area contributed by atoms with E-state index in [2.05, 4.69) is 39.7 Å². The van der Waals surface area contributed by atoms with Crippen LogP contribution in [0.5, 0.6) is 0 Å². The summed E-state index contributed by atoms with van der Waals surface area (Å²) < 4.78 is 20.1. The van der Waals surface area contributed by atoms with Crippen molar-refractivity contribution in [3.05, 3.63) is 30.3 Å². The fourth-order valence-electron chi connectivity index (χ4n) is 3.54. The fraction of sp³-hybridized carbons (Fsp3) is 0.700. The van der Waals surface area contributed by atoms with Gasteiger partial charge in [0, 0.05) is 6.54 Å². The zero-order valence-electron chi connectivity index (χ0n) is 15.9. The largest absolute Gasteiger partial charge is 0.311 e. The molecule has 0 unspecified atom stereocenters. The fourth-order valence-corrected chi connectivity index (χ4v) is 5.72. The van der Waals surface area contributed by atoms with Gasteiger partial charge in [0.05, 0.1) is 11.4 Å². The van der Waals surface area contributed by atoms with Crippen LogP contribution in [0, 0.1) is 23.7 Å². The summed E-state index contributed by atoms with van der Waals surface area (Å²) in [7, 11) is -3.05. The van der Waals surface area contributed by atoms with Crippen molar-refractivity contribution in [1.82, 2.24) is 5.09 Å². The van der Waals surface area contributed by atoms with Crippen LogP contribution in [0.4, 0.5) is 0 Å². The van der Waals surface area contributed by atoms with Gasteiger partial charge < -0.3 is 4.52 Å². The van der Waals surface area contributed by atoms with Crippen LogP contribution in [-0.4, -0.2) is 12.6 Å². The van der Waals surface area contributed by atoms with Crippen LogP contribution in [0.3, 0.4) is 0 Å². The Labute approximate surface area is 148 Å². The zero-order chi connectivity index (χ0) is 17.7. The van der Waals surface area contributed by atoms with E-state index in [-0.39, 0.29) is 6.10 Å². The van der Waals surface area contributed by atoms with Gasteiger partial charge in [0.1, 0.15) is 0 Å². The van der Waals surface area contributed by atoms with E-state index in [1.807, 2.05) is 30.3 Å². The summed E-state index contributed by atoms with van der Waals surface area (Å²) in [5.74, 6) is 2.10. The van der Waals surface area contributed by atoms with Gasteiger partial charge in [0.2, 0.25) is 0 Å². The average Bonchev–Trinajstić information content (AvgIpc) is 2.53. The highest BCUT2D eigenvalue weighted by Gasteiger charge is 2.37. The van der Waals surface area contributed by atoms with Gasteiger partial charge in [0.15, 0.2) is 0 Å². The molecule has 1 aliphatic rings. The standard InChI is InChI=1S/C20H34NO2P/c1-15(2)14-21-24(22,18-9-7-6-8-10-18)23-20-13-17(5)11-12-19(20)16(3)4/h6-10,15-17,19-20H,11-14H2,1-5H3,(H,21,22)/t17-,19+,20-,24-/m1/s1. The second-order valence-electron chi connectivity index (χ2n) is 8.11. The van der Waals surface area contributed by atoms with Gasteiger partial charge in [-0.05, 0) is 48.6 Å². The van der Waals surface area contributed by atoms with Crippen LogP contribution < -0.4 is 10.4 Å². The third kappa shape index (κ3) is 5.18. The first-order chi connectivity index (χ1) is 11.3. The molecule has 4 heteroatoms. The molecule has 3 nitrogen and oxygen atoms in total. The lowest BCUT2D eigenvalue weighted by Gasteiger charge is -2.39. The Balaban J connectivity index is 2.24. The molecule has 0 heterocycles. The van der Waals surface area contributed by atoms with Gasteiger partial charge in [-0.25, -0.2) is 5.09 Å². The number of nitrogens with one attached hydrogen (secondary N) is 1. The molecule has 1 N–H and O–H groups in total. The second kappa shape index (κ2) is 8.65. The third-order valence-corrected chi connectivity index (χ3v) is 7.19. The van der Waals surface area contributed by atoms with E-state index < -0.39 is 7.52 Å². The predicted octanol–water partition coefficient (Wildman–Crippen LogP) is 5.23. The smallest absolute Gasteiger partial charge is 0.299 e. The maximum absolute atomic E-state index is 13.7. The monoisotopic (exact) mass is 351 g/mol. The normalized spacial score (nSPS) is 27.4. The van der Waals surface area contributed by atoms with Crippen molar-refractivity contribution < 1.29 is 9.09 Å². The SMILES string of the molecule is CC(C)CN[P@](=O)(O[C@@H]1C[C@H](C)CC[C@H]1C(C)C)c1ccccc1. The second-order valence-corrected chi connectivity index (χ2v) is 10.3. The van der Waals surface area contributed by atoms with E-state index in [4.69, 9.17) is 4.52 Å². The number of hydrogen-bond acceptors (Lipinski definition) is 2. The topological polar surface area (TPSA) is 38.3 Å². The predicted molar refractivity (Wildman–Crippen MR) is 103 cm³/mol. The van der Waals surface area contributed by atoms with E-state index in [1.165, 1.54) is 12.8 Å². The summed E-state index contributed by atoms with van der Waals surface area (Å²) in [6, 6.07) is 9.67. The first-order valence-electron chi connectivity index (χ1n) is 9.41. The summed E-state index contributed by atoms with van der Waals surface area (Å²) in [5.41, 5.74) is 0. The molecule has 1 aromatic rings. The molecule has 0 radical (unpaired) electrons. The maximum atomic E-state index is 13.7. The summed E-state index contributed by atoms with van der Waals surface area (Å²) >= 11 is 0. The van der Waals surface area contributed by atoms with Crippen molar-refractivity contribution in [3.8, 4) is 0 Å². The molecule has 0 bridgehead atoms. The summed E-state index contributed by atoms with van der Waals surface area (Å²) in [6.07, 6.45) is 3.49. The van der Waals surface area contributed by atoms with Crippen LogP contribution in [-0.2, 0) is 9.09 Å². The van der Waals surface area contributed by atoms with E-state index in [0.29, 0.717) is 30.2 Å². The molecule has 0 amide bonds. The molecule has 1 aromatic carbocycles. The molecule has 2 rings (SSSR count). The number of rotatable bonds is 7. The highest BCUT2D eigenvalue weighted by atomic mass is 31.2. The summed E-state index contributed by atoms with van der Waals surface area (Å²) in [6.45, 7) is 11.7. The van der Waals surface area contributed by atoms with Crippen LogP contribution in [0.25, 0.3) is 0 Å². The molecule has 0 aromatic heterocycles. The number of hydrogen-bond donors (Lipinski definition) is 1. The Hall–Kier alpha value is -0.630. The molecule has 0 aliphatic heterocycles. The van der Waals surface area contributed by atoms with Crippen molar-refractivity contribution >= 4 is 12.8 Å². The Morgan fingerprint density at radius 3 is 2.42 bits per heavy atom. The molecule has 1 aliphatic carbocycles. The van der Waals surface area contributed by atoms with Crippen LogP contribution in [0.15, 0.2) is 30.3 Å². The molecule has 1 saturated carbocycles. The summed E-state index contributed by atoms with van der Waals surface area (Å²) in [4.78, 5) is 0. The van der Waals surface area contributed by atoms with E-state index in [0.717, 1.165) is 11.7 Å². The van der Waals surface area contributed by atoms with Crippen molar-refractivity contribution in [2.75, 3.05) is 6.54 Å². The highest BCUT2D eigenvalue weighted by molar-refractivity contribution is 7.65. The van der Waals surface area contributed by atoms with Crippen LogP contribution in [0.1, 0.15) is 53.9 Å². The van der Waals surface area contributed by atoms with Crippen molar-refractivity contribution in [1.29, 1.82) is 0 Å². The lowest BCUT2D eigenvalue weighted by Crippen LogP contribution is -2.37. The Morgan fingerprint density at radius 1 is 1.17 bits per heavy atom. The van der Waals surface area contributed by atoms with Gasteiger partial charge >= 0.3 is 0 Å². The quantitative estimate of drug-likeness (QED) is 0.684. The molecule has 136 valence electrons. The minimum atomic E-state index is -3.05. The molecular formula is C20H34NO2P. The van der Waals surface area contributed by atoms with Gasteiger partial charge in [-0.2, -0.15) is 0 Å². The number of benzene rings is 1. The van der Waals surface area contributed by atoms with Crippen LogP contribution in [0.2, 0.25) is 0 Å². The lowest BCUT2D eigenvalue weighted by atomic mass is 9.75. The Morgan fingerprint density at radius 2 is 1.83 bits per heavy atom. The molecule has 4 atom stereocenters. The van der Waals surface area contributed by atoms with Gasteiger partial charge in [-0.3, -0.25) is 4.57 Å². The van der Waals surface area contributed by atoms with E-state index >= 15 is 0 Å².